The summed E-state index contributed by atoms with van der Waals surface area (Å²) in [5.74, 6) is -1.67. The van der Waals surface area contributed by atoms with E-state index in [-0.39, 0.29) is 18.0 Å². The molecule has 9 nitrogen and oxygen atoms in total. The highest BCUT2D eigenvalue weighted by Crippen LogP contribution is 2.20. The summed E-state index contributed by atoms with van der Waals surface area (Å²) in [5.41, 5.74) is -1.74. The Hall–Kier alpha value is -3.36. The number of rotatable bonds is 4. The summed E-state index contributed by atoms with van der Waals surface area (Å²) in [6.45, 7) is 0. The van der Waals surface area contributed by atoms with Crippen LogP contribution in [0.2, 0.25) is 0 Å². The molecule has 1 heterocycles. The van der Waals surface area contributed by atoms with Crippen molar-refractivity contribution in [3.05, 3.63) is 62.4 Å². The van der Waals surface area contributed by atoms with Gasteiger partial charge in [-0.25, -0.2) is 4.79 Å². The lowest BCUT2D eigenvalue weighted by molar-refractivity contribution is 0.0887. The molecule has 9 heteroatoms. The molecule has 2 amide bonds. The van der Waals surface area contributed by atoms with Gasteiger partial charge in [-0.3, -0.25) is 24.4 Å². The third kappa shape index (κ3) is 4.43. The van der Waals surface area contributed by atoms with Crippen LogP contribution >= 0.6 is 0 Å². The molecular weight excluding hydrogens is 352 g/mol. The number of aromatic amines is 2. The molecule has 5 N–H and O–H groups in total. The van der Waals surface area contributed by atoms with Gasteiger partial charge >= 0.3 is 5.69 Å². The van der Waals surface area contributed by atoms with Crippen LogP contribution in [0, 0.1) is 0 Å². The first-order valence-electron chi connectivity index (χ1n) is 8.66. The van der Waals surface area contributed by atoms with Crippen LogP contribution in [-0.2, 0) is 0 Å². The van der Waals surface area contributed by atoms with Crippen LogP contribution < -0.4 is 21.9 Å². The van der Waals surface area contributed by atoms with Gasteiger partial charge in [-0.1, -0.05) is 18.2 Å². The number of benzene rings is 1. The Morgan fingerprint density at radius 2 is 1.44 bits per heavy atom. The standard InChI is InChI=1S/C18H20N4O5/c23-14-13(21-18(27)22-17(14)26)16(25)20-12-8-6-11(7-9-12)19-15(24)10-4-2-1-3-5-10/h1-5,11-12,23H,6-9H2,(H,19,24)(H,20,25)(H2,21,22,26,27). The van der Waals surface area contributed by atoms with Crippen molar-refractivity contribution < 1.29 is 14.7 Å². The number of amides is 2. The second kappa shape index (κ2) is 7.90. The first kappa shape index (κ1) is 18.4. The summed E-state index contributed by atoms with van der Waals surface area (Å²) in [5, 5.41) is 15.3. The number of carbonyl (C=O) groups excluding carboxylic acids is 2. The minimum Gasteiger partial charge on any atom is -0.501 e. The van der Waals surface area contributed by atoms with Crippen LogP contribution in [0.15, 0.2) is 39.9 Å². The van der Waals surface area contributed by atoms with Crippen molar-refractivity contribution in [2.24, 2.45) is 0 Å². The van der Waals surface area contributed by atoms with Gasteiger partial charge in [-0.2, -0.15) is 0 Å². The quantitative estimate of drug-likeness (QED) is 0.522. The zero-order valence-corrected chi connectivity index (χ0v) is 14.5. The predicted octanol–water partition coefficient (Wildman–Crippen LogP) is 0.240. The van der Waals surface area contributed by atoms with Crippen LogP contribution in [0.3, 0.4) is 0 Å². The lowest BCUT2D eigenvalue weighted by Gasteiger charge is -2.29. The van der Waals surface area contributed by atoms with E-state index in [4.69, 9.17) is 0 Å². The Labute approximate surface area is 153 Å². The molecule has 1 aliphatic rings. The molecule has 3 rings (SSSR count). The molecule has 0 unspecified atom stereocenters. The van der Waals surface area contributed by atoms with E-state index in [9.17, 15) is 24.3 Å². The van der Waals surface area contributed by atoms with Gasteiger partial charge in [0.1, 0.15) is 0 Å². The summed E-state index contributed by atoms with van der Waals surface area (Å²) >= 11 is 0. The highest BCUT2D eigenvalue weighted by molar-refractivity contribution is 5.95. The fourth-order valence-corrected chi connectivity index (χ4v) is 3.14. The molecule has 1 aromatic carbocycles. The average Bonchev–Trinajstić information content (AvgIpc) is 2.66. The van der Waals surface area contributed by atoms with E-state index in [1.54, 1.807) is 24.3 Å². The van der Waals surface area contributed by atoms with Crippen LogP contribution in [-0.4, -0.2) is 39.0 Å². The first-order chi connectivity index (χ1) is 12.9. The van der Waals surface area contributed by atoms with E-state index >= 15 is 0 Å². The first-order valence-corrected chi connectivity index (χ1v) is 8.66. The maximum atomic E-state index is 12.2. The van der Waals surface area contributed by atoms with Crippen LogP contribution in [0.5, 0.6) is 5.75 Å². The van der Waals surface area contributed by atoms with Gasteiger partial charge in [0.25, 0.3) is 17.4 Å². The zero-order chi connectivity index (χ0) is 19.4. The Morgan fingerprint density at radius 3 is 2.04 bits per heavy atom. The summed E-state index contributed by atoms with van der Waals surface area (Å²) in [6, 6.07) is 8.77. The Bertz CT molecular complexity index is 942. The molecule has 0 radical (unpaired) electrons. The molecule has 2 aromatic rings. The van der Waals surface area contributed by atoms with Gasteiger partial charge in [0.15, 0.2) is 5.69 Å². The molecule has 27 heavy (non-hydrogen) atoms. The molecule has 0 aliphatic heterocycles. The van der Waals surface area contributed by atoms with Gasteiger partial charge in [-0.15, -0.1) is 0 Å². The molecular formula is C18H20N4O5. The molecule has 142 valence electrons. The number of hydrogen-bond donors (Lipinski definition) is 5. The van der Waals surface area contributed by atoms with E-state index in [1.807, 2.05) is 11.1 Å². The third-order valence-electron chi connectivity index (χ3n) is 4.58. The number of aromatic nitrogens is 2. The monoisotopic (exact) mass is 372 g/mol. The minimum absolute atomic E-state index is 0.0126. The van der Waals surface area contributed by atoms with Crippen molar-refractivity contribution in [3.63, 3.8) is 0 Å². The number of H-pyrrole nitrogens is 2. The average molecular weight is 372 g/mol. The zero-order valence-electron chi connectivity index (χ0n) is 14.5. The summed E-state index contributed by atoms with van der Waals surface area (Å²) in [4.78, 5) is 51.0. The second-order valence-corrected chi connectivity index (χ2v) is 6.49. The van der Waals surface area contributed by atoms with Crippen molar-refractivity contribution >= 4 is 11.8 Å². The fraction of sp³-hybridized carbons (Fsp3) is 0.333. The molecule has 0 bridgehead atoms. The summed E-state index contributed by atoms with van der Waals surface area (Å²) in [6.07, 6.45) is 2.61. The molecule has 0 spiro atoms. The third-order valence-corrected chi connectivity index (χ3v) is 4.58. The number of nitrogens with one attached hydrogen (secondary N) is 4. The molecule has 0 saturated heterocycles. The maximum absolute atomic E-state index is 12.2. The van der Waals surface area contributed by atoms with E-state index in [2.05, 4.69) is 15.6 Å². The van der Waals surface area contributed by atoms with Crippen LogP contribution in [0.1, 0.15) is 46.5 Å². The predicted molar refractivity (Wildman–Crippen MR) is 96.8 cm³/mol. The van der Waals surface area contributed by atoms with Crippen LogP contribution in [0.4, 0.5) is 0 Å². The van der Waals surface area contributed by atoms with Gasteiger partial charge in [-0.05, 0) is 37.8 Å². The van der Waals surface area contributed by atoms with E-state index in [0.29, 0.717) is 31.2 Å². The van der Waals surface area contributed by atoms with Gasteiger partial charge in [0.05, 0.1) is 0 Å². The lowest BCUT2D eigenvalue weighted by Crippen LogP contribution is -2.44. The smallest absolute Gasteiger partial charge is 0.326 e. The van der Waals surface area contributed by atoms with Crippen LogP contribution in [0.25, 0.3) is 0 Å². The number of carbonyl (C=O) groups is 2. The van der Waals surface area contributed by atoms with E-state index in [1.165, 1.54) is 0 Å². The highest BCUT2D eigenvalue weighted by Gasteiger charge is 2.25. The lowest BCUT2D eigenvalue weighted by atomic mass is 9.91. The minimum atomic E-state index is -1.02. The molecule has 1 aromatic heterocycles. The molecule has 0 atom stereocenters. The second-order valence-electron chi connectivity index (χ2n) is 6.49. The number of aromatic hydroxyl groups is 1. The summed E-state index contributed by atoms with van der Waals surface area (Å²) in [7, 11) is 0. The van der Waals surface area contributed by atoms with Crippen molar-refractivity contribution in [2.75, 3.05) is 0 Å². The van der Waals surface area contributed by atoms with Gasteiger partial charge in [0, 0.05) is 17.6 Å². The Morgan fingerprint density at radius 1 is 0.889 bits per heavy atom. The Balaban J connectivity index is 1.54. The van der Waals surface area contributed by atoms with Gasteiger partial charge < -0.3 is 15.7 Å². The Kier molecular flexibility index (Phi) is 5.39. The molecule has 1 saturated carbocycles. The van der Waals surface area contributed by atoms with E-state index in [0.717, 1.165) is 0 Å². The topological polar surface area (TPSA) is 144 Å². The van der Waals surface area contributed by atoms with Crippen molar-refractivity contribution in [1.82, 2.24) is 20.6 Å². The maximum Gasteiger partial charge on any atom is 0.326 e. The fourth-order valence-electron chi connectivity index (χ4n) is 3.14. The normalized spacial score (nSPS) is 19.3. The van der Waals surface area contributed by atoms with Gasteiger partial charge in [0.2, 0.25) is 5.75 Å². The van der Waals surface area contributed by atoms with E-state index < -0.39 is 28.6 Å². The molecule has 1 fully saturated rings. The number of hydrogen-bond acceptors (Lipinski definition) is 5. The van der Waals surface area contributed by atoms with Crippen molar-refractivity contribution in [1.29, 1.82) is 0 Å². The van der Waals surface area contributed by atoms with Crippen molar-refractivity contribution in [2.45, 2.75) is 37.8 Å². The SMILES string of the molecule is O=C(NC1CCC(NC(=O)c2[nH]c(=O)[nH]c(=O)c2O)CC1)c1ccccc1. The van der Waals surface area contributed by atoms with Crippen molar-refractivity contribution in [3.8, 4) is 5.75 Å². The summed E-state index contributed by atoms with van der Waals surface area (Å²) < 4.78 is 0. The largest absolute Gasteiger partial charge is 0.501 e. The highest BCUT2D eigenvalue weighted by atomic mass is 16.3. The molecule has 1 aliphatic carbocycles.